The van der Waals surface area contributed by atoms with Crippen LogP contribution in [0.4, 0.5) is 5.69 Å². The summed E-state index contributed by atoms with van der Waals surface area (Å²) < 4.78 is 0. The van der Waals surface area contributed by atoms with Gasteiger partial charge < -0.3 is 4.90 Å². The van der Waals surface area contributed by atoms with E-state index in [1.54, 1.807) is 0 Å². The molecule has 0 unspecified atom stereocenters. The third-order valence-electron chi connectivity index (χ3n) is 2.67. The number of anilines is 1. The standard InChI is InChI=1S/C11H16N2/c1-3-13(2)10-5-4-8-12-11(10)9-6-7-9/h4-5,8-9H,3,6-7H2,1-2H3. The van der Waals surface area contributed by atoms with Crippen molar-refractivity contribution >= 4 is 5.69 Å². The van der Waals surface area contributed by atoms with Gasteiger partial charge in [0.15, 0.2) is 0 Å². The summed E-state index contributed by atoms with van der Waals surface area (Å²) in [5.41, 5.74) is 2.61. The molecule has 0 radical (unpaired) electrons. The minimum atomic E-state index is 0.741. The smallest absolute Gasteiger partial charge is 0.0667 e. The molecule has 1 aromatic rings. The van der Waals surface area contributed by atoms with Crippen LogP contribution < -0.4 is 4.90 Å². The van der Waals surface area contributed by atoms with Crippen molar-refractivity contribution in [2.45, 2.75) is 25.7 Å². The van der Waals surface area contributed by atoms with Crippen LogP contribution in [0, 0.1) is 0 Å². The van der Waals surface area contributed by atoms with Crippen LogP contribution in [0.5, 0.6) is 0 Å². The Morgan fingerprint density at radius 2 is 2.31 bits per heavy atom. The molecule has 0 amide bonds. The van der Waals surface area contributed by atoms with Crippen LogP contribution in [-0.2, 0) is 0 Å². The Morgan fingerprint density at radius 1 is 1.54 bits per heavy atom. The molecule has 0 N–H and O–H groups in total. The average Bonchev–Trinajstić information content (AvgIpc) is 3.00. The third kappa shape index (κ3) is 1.67. The first-order chi connectivity index (χ1) is 6.33. The maximum absolute atomic E-state index is 4.47. The fraction of sp³-hybridized carbons (Fsp3) is 0.545. The Morgan fingerprint density at radius 3 is 2.92 bits per heavy atom. The molecule has 1 saturated carbocycles. The molecule has 1 aliphatic rings. The summed E-state index contributed by atoms with van der Waals surface area (Å²) in [6.45, 7) is 3.22. The molecule has 0 bridgehead atoms. The average molecular weight is 176 g/mol. The van der Waals surface area contributed by atoms with E-state index in [0.717, 1.165) is 12.5 Å². The van der Waals surface area contributed by atoms with Crippen LogP contribution in [0.2, 0.25) is 0 Å². The molecular formula is C11H16N2. The molecule has 2 heteroatoms. The van der Waals surface area contributed by atoms with E-state index in [0.29, 0.717) is 0 Å². The molecule has 70 valence electrons. The predicted molar refractivity (Wildman–Crippen MR) is 55.2 cm³/mol. The summed E-state index contributed by atoms with van der Waals surface area (Å²) in [4.78, 5) is 6.73. The van der Waals surface area contributed by atoms with Gasteiger partial charge in [0.25, 0.3) is 0 Å². The van der Waals surface area contributed by atoms with Gasteiger partial charge in [0, 0.05) is 25.7 Å². The zero-order chi connectivity index (χ0) is 9.26. The van der Waals surface area contributed by atoms with E-state index in [-0.39, 0.29) is 0 Å². The van der Waals surface area contributed by atoms with Gasteiger partial charge in [-0.25, -0.2) is 0 Å². The molecule has 13 heavy (non-hydrogen) atoms. The molecule has 2 rings (SSSR count). The van der Waals surface area contributed by atoms with Crippen LogP contribution in [0.3, 0.4) is 0 Å². The Hall–Kier alpha value is -1.05. The van der Waals surface area contributed by atoms with Crippen molar-refractivity contribution in [2.75, 3.05) is 18.5 Å². The fourth-order valence-electron chi connectivity index (χ4n) is 1.57. The summed E-state index contributed by atoms with van der Waals surface area (Å²) in [6.07, 6.45) is 4.55. The minimum Gasteiger partial charge on any atom is -0.373 e. The second-order valence-electron chi connectivity index (χ2n) is 3.70. The van der Waals surface area contributed by atoms with Gasteiger partial charge in [0.05, 0.1) is 11.4 Å². The number of nitrogens with zero attached hydrogens (tertiary/aromatic N) is 2. The van der Waals surface area contributed by atoms with E-state index in [4.69, 9.17) is 0 Å². The van der Waals surface area contributed by atoms with E-state index in [1.807, 2.05) is 12.3 Å². The Bertz CT molecular complexity index is 292. The Labute approximate surface area is 79.6 Å². The number of pyridine rings is 1. The van der Waals surface area contributed by atoms with Gasteiger partial charge in [-0.1, -0.05) is 0 Å². The zero-order valence-corrected chi connectivity index (χ0v) is 8.33. The van der Waals surface area contributed by atoms with E-state index < -0.39 is 0 Å². The highest BCUT2D eigenvalue weighted by Crippen LogP contribution is 2.42. The lowest BCUT2D eigenvalue weighted by Gasteiger charge is -2.19. The van der Waals surface area contributed by atoms with Crippen molar-refractivity contribution in [3.8, 4) is 0 Å². The quantitative estimate of drug-likeness (QED) is 0.703. The largest absolute Gasteiger partial charge is 0.373 e. The summed E-state index contributed by atoms with van der Waals surface area (Å²) in [5.74, 6) is 0.741. The van der Waals surface area contributed by atoms with E-state index in [2.05, 4.69) is 29.9 Å². The van der Waals surface area contributed by atoms with Crippen LogP contribution >= 0.6 is 0 Å². The topological polar surface area (TPSA) is 16.1 Å². The number of hydrogen-bond acceptors (Lipinski definition) is 2. The molecular weight excluding hydrogens is 160 g/mol. The first-order valence-corrected chi connectivity index (χ1v) is 4.99. The molecule has 2 nitrogen and oxygen atoms in total. The Balaban J connectivity index is 2.31. The molecule has 1 aromatic heterocycles. The second-order valence-corrected chi connectivity index (χ2v) is 3.70. The highest BCUT2D eigenvalue weighted by atomic mass is 15.1. The maximum Gasteiger partial charge on any atom is 0.0667 e. The van der Waals surface area contributed by atoms with Gasteiger partial charge in [-0.3, -0.25) is 4.98 Å². The maximum atomic E-state index is 4.47. The van der Waals surface area contributed by atoms with Crippen LogP contribution in [-0.4, -0.2) is 18.6 Å². The van der Waals surface area contributed by atoms with Crippen molar-refractivity contribution in [1.29, 1.82) is 0 Å². The van der Waals surface area contributed by atoms with Gasteiger partial charge in [-0.05, 0) is 31.9 Å². The summed E-state index contributed by atoms with van der Waals surface area (Å²) in [6, 6.07) is 4.19. The molecule has 0 atom stereocenters. The van der Waals surface area contributed by atoms with Crippen LogP contribution in [0.25, 0.3) is 0 Å². The molecule has 0 aliphatic heterocycles. The zero-order valence-electron chi connectivity index (χ0n) is 8.33. The molecule has 0 aromatic carbocycles. The van der Waals surface area contributed by atoms with Gasteiger partial charge in [-0.2, -0.15) is 0 Å². The van der Waals surface area contributed by atoms with Gasteiger partial charge in [-0.15, -0.1) is 0 Å². The molecule has 1 aliphatic carbocycles. The van der Waals surface area contributed by atoms with Crippen molar-refractivity contribution in [2.24, 2.45) is 0 Å². The molecule has 1 fully saturated rings. The van der Waals surface area contributed by atoms with E-state index in [1.165, 1.54) is 24.2 Å². The number of rotatable bonds is 3. The number of hydrogen-bond donors (Lipinski definition) is 0. The van der Waals surface area contributed by atoms with Gasteiger partial charge in [0.1, 0.15) is 0 Å². The van der Waals surface area contributed by atoms with E-state index >= 15 is 0 Å². The summed E-state index contributed by atoms with van der Waals surface area (Å²) >= 11 is 0. The normalized spacial score (nSPS) is 15.8. The molecule has 1 heterocycles. The van der Waals surface area contributed by atoms with Gasteiger partial charge >= 0.3 is 0 Å². The third-order valence-corrected chi connectivity index (χ3v) is 2.67. The van der Waals surface area contributed by atoms with Crippen LogP contribution in [0.1, 0.15) is 31.4 Å². The van der Waals surface area contributed by atoms with Crippen LogP contribution in [0.15, 0.2) is 18.3 Å². The highest BCUT2D eigenvalue weighted by Gasteiger charge is 2.27. The number of aromatic nitrogens is 1. The molecule has 0 saturated heterocycles. The van der Waals surface area contributed by atoms with Gasteiger partial charge in [0.2, 0.25) is 0 Å². The lowest BCUT2D eigenvalue weighted by molar-refractivity contribution is 0.919. The lowest BCUT2D eigenvalue weighted by Crippen LogP contribution is -2.17. The predicted octanol–water partition coefficient (Wildman–Crippen LogP) is 2.42. The van der Waals surface area contributed by atoms with Crippen molar-refractivity contribution < 1.29 is 0 Å². The second kappa shape index (κ2) is 3.36. The first-order valence-electron chi connectivity index (χ1n) is 4.99. The lowest BCUT2D eigenvalue weighted by atomic mass is 10.2. The highest BCUT2D eigenvalue weighted by molar-refractivity contribution is 5.52. The monoisotopic (exact) mass is 176 g/mol. The first kappa shape index (κ1) is 8.54. The molecule has 0 spiro atoms. The minimum absolute atomic E-state index is 0.741. The Kier molecular flexibility index (Phi) is 2.21. The summed E-state index contributed by atoms with van der Waals surface area (Å²) in [7, 11) is 2.13. The summed E-state index contributed by atoms with van der Waals surface area (Å²) in [5, 5.41) is 0. The fourth-order valence-corrected chi connectivity index (χ4v) is 1.57. The van der Waals surface area contributed by atoms with E-state index in [9.17, 15) is 0 Å². The SMILES string of the molecule is CCN(C)c1cccnc1C1CC1. The van der Waals surface area contributed by atoms with Crippen molar-refractivity contribution in [1.82, 2.24) is 4.98 Å². The van der Waals surface area contributed by atoms with Crippen molar-refractivity contribution in [3.05, 3.63) is 24.0 Å². The van der Waals surface area contributed by atoms with Crippen molar-refractivity contribution in [3.63, 3.8) is 0 Å².